The molecular weight excluding hydrogens is 452 g/mol. The fraction of sp³-hybridized carbons (Fsp3) is 0.278. The lowest BCUT2D eigenvalue weighted by molar-refractivity contribution is 0.255. The number of nitrogens with two attached hydrogens (primary N) is 5. The van der Waals surface area contributed by atoms with E-state index < -0.39 is 16.1 Å². The number of nitrogens with one attached hydrogen (secondary N) is 3. The van der Waals surface area contributed by atoms with Gasteiger partial charge in [-0.25, -0.2) is 30.4 Å². The van der Waals surface area contributed by atoms with Crippen LogP contribution >= 0.6 is 0 Å². The molecule has 0 aliphatic heterocycles. The second-order valence-corrected chi connectivity index (χ2v) is 8.63. The predicted molar refractivity (Wildman–Crippen MR) is 126 cm³/mol. The van der Waals surface area contributed by atoms with Gasteiger partial charge in [0.05, 0.1) is 12.2 Å². The molecule has 33 heavy (non-hydrogen) atoms. The third kappa shape index (κ3) is 6.50. The SMILES string of the molecule is NCCNS(=O)(=O)c1ccc(-c2cccc(NCC(N)CO)c2)c(/C(N)=N/NN)c1N(N)O. The highest BCUT2D eigenvalue weighted by molar-refractivity contribution is 7.89. The number of nitrogens with zero attached hydrogens (tertiary/aromatic N) is 2. The standard InChI is InChI=1S/C18H30N10O4S/c19-6-7-25-33(31,32)15-5-4-14(16(17(15)28(23)30)18(21)26-27-22)11-2-1-3-13(8-11)24-9-12(20)10-29/h1-5,8,12,24-25,27,29-30H,6-7,9-10,19-20,22-23H2,(H2,21,26). The Morgan fingerprint density at radius 3 is 2.58 bits per heavy atom. The maximum atomic E-state index is 12.8. The summed E-state index contributed by atoms with van der Waals surface area (Å²) in [6.45, 7) is 0.157. The highest BCUT2D eigenvalue weighted by Gasteiger charge is 2.27. The van der Waals surface area contributed by atoms with Crippen molar-refractivity contribution in [3.05, 3.63) is 42.0 Å². The molecule has 0 radical (unpaired) electrons. The molecule has 2 rings (SSSR count). The minimum absolute atomic E-state index is 0.0118. The van der Waals surface area contributed by atoms with E-state index in [1.165, 1.54) is 12.1 Å². The van der Waals surface area contributed by atoms with Crippen LogP contribution in [0.3, 0.4) is 0 Å². The van der Waals surface area contributed by atoms with Crippen LogP contribution in [-0.2, 0) is 10.0 Å². The Labute approximate surface area is 191 Å². The van der Waals surface area contributed by atoms with Crippen molar-refractivity contribution in [1.82, 2.24) is 10.3 Å². The maximum Gasteiger partial charge on any atom is 0.242 e. The summed E-state index contributed by atoms with van der Waals surface area (Å²) >= 11 is 0. The number of hydrogen-bond donors (Lipinski definition) is 10. The maximum absolute atomic E-state index is 12.8. The van der Waals surface area contributed by atoms with Crippen molar-refractivity contribution in [2.75, 3.05) is 36.7 Å². The van der Waals surface area contributed by atoms with Crippen LogP contribution in [-0.4, -0.2) is 56.9 Å². The lowest BCUT2D eigenvalue weighted by atomic mass is 9.97. The van der Waals surface area contributed by atoms with Crippen molar-refractivity contribution < 1.29 is 18.7 Å². The summed E-state index contributed by atoms with van der Waals surface area (Å²) in [5.41, 5.74) is 20.6. The van der Waals surface area contributed by atoms with Crippen LogP contribution in [0.5, 0.6) is 0 Å². The molecule has 0 saturated heterocycles. The number of rotatable bonds is 12. The van der Waals surface area contributed by atoms with Crippen LogP contribution in [0.2, 0.25) is 0 Å². The van der Waals surface area contributed by atoms with Crippen LogP contribution in [0.4, 0.5) is 11.4 Å². The van der Waals surface area contributed by atoms with E-state index in [9.17, 15) is 13.6 Å². The van der Waals surface area contributed by atoms with E-state index in [0.717, 1.165) is 0 Å². The van der Waals surface area contributed by atoms with Crippen LogP contribution in [0.15, 0.2) is 46.4 Å². The third-order valence-corrected chi connectivity index (χ3v) is 6.01. The molecule has 0 aliphatic carbocycles. The smallest absolute Gasteiger partial charge is 0.242 e. The number of hydrazine groups is 2. The van der Waals surface area contributed by atoms with Gasteiger partial charge in [-0.1, -0.05) is 18.2 Å². The fourth-order valence-electron chi connectivity index (χ4n) is 3.02. The van der Waals surface area contributed by atoms with Crippen molar-refractivity contribution >= 4 is 27.2 Å². The van der Waals surface area contributed by atoms with Gasteiger partial charge in [0.15, 0.2) is 5.84 Å². The van der Waals surface area contributed by atoms with Crippen LogP contribution in [0.1, 0.15) is 5.56 Å². The van der Waals surface area contributed by atoms with Gasteiger partial charge in [0, 0.05) is 31.4 Å². The summed E-state index contributed by atoms with van der Waals surface area (Å²) in [6.07, 6.45) is 0. The summed E-state index contributed by atoms with van der Waals surface area (Å²) in [5.74, 6) is 10.6. The topological polar surface area (TPSA) is 256 Å². The van der Waals surface area contributed by atoms with E-state index in [-0.39, 0.29) is 46.9 Å². The zero-order valence-electron chi connectivity index (χ0n) is 17.8. The molecule has 0 fully saturated rings. The van der Waals surface area contributed by atoms with E-state index in [0.29, 0.717) is 23.4 Å². The highest BCUT2D eigenvalue weighted by atomic mass is 32.2. The number of benzene rings is 2. The van der Waals surface area contributed by atoms with E-state index >= 15 is 0 Å². The Bertz CT molecular complexity index is 1080. The molecule has 0 spiro atoms. The Kier molecular flexibility index (Phi) is 9.32. The third-order valence-electron chi connectivity index (χ3n) is 4.51. The van der Waals surface area contributed by atoms with E-state index in [2.05, 4.69) is 15.1 Å². The number of aliphatic hydroxyl groups is 1. The average molecular weight is 483 g/mol. The zero-order chi connectivity index (χ0) is 24.6. The molecule has 0 aromatic heterocycles. The van der Waals surface area contributed by atoms with Crippen molar-refractivity contribution in [2.24, 2.45) is 34.0 Å². The molecule has 1 atom stereocenters. The minimum atomic E-state index is -4.12. The lowest BCUT2D eigenvalue weighted by Crippen LogP contribution is -2.35. The lowest BCUT2D eigenvalue weighted by Gasteiger charge is -2.22. The predicted octanol–water partition coefficient (Wildman–Crippen LogP) is -2.52. The fourth-order valence-corrected chi connectivity index (χ4v) is 4.26. The minimum Gasteiger partial charge on any atom is -0.395 e. The van der Waals surface area contributed by atoms with Gasteiger partial charge in [-0.15, -0.1) is 5.10 Å². The molecule has 0 heterocycles. The number of amidine groups is 1. The molecule has 182 valence electrons. The van der Waals surface area contributed by atoms with Crippen LogP contribution < -0.4 is 49.6 Å². The summed E-state index contributed by atoms with van der Waals surface area (Å²) < 4.78 is 27.9. The second-order valence-electron chi connectivity index (χ2n) is 6.90. The van der Waals surface area contributed by atoms with Gasteiger partial charge >= 0.3 is 0 Å². The first-order valence-electron chi connectivity index (χ1n) is 9.76. The van der Waals surface area contributed by atoms with Crippen molar-refractivity contribution in [3.8, 4) is 11.1 Å². The quantitative estimate of drug-likeness (QED) is 0.0650. The van der Waals surface area contributed by atoms with E-state index in [4.69, 9.17) is 34.0 Å². The first kappa shape index (κ1) is 26.2. The van der Waals surface area contributed by atoms with Crippen LogP contribution in [0, 0.1) is 0 Å². The van der Waals surface area contributed by atoms with E-state index in [1.54, 1.807) is 24.3 Å². The Morgan fingerprint density at radius 1 is 1.24 bits per heavy atom. The highest BCUT2D eigenvalue weighted by Crippen LogP contribution is 2.36. The summed E-state index contributed by atoms with van der Waals surface area (Å²) in [6, 6.07) is 9.32. The Morgan fingerprint density at radius 2 is 1.97 bits per heavy atom. The summed E-state index contributed by atoms with van der Waals surface area (Å²) in [4.78, 5) is -0.349. The molecule has 15 heteroatoms. The van der Waals surface area contributed by atoms with Gasteiger partial charge in [0.1, 0.15) is 10.6 Å². The second kappa shape index (κ2) is 11.7. The van der Waals surface area contributed by atoms with Crippen molar-refractivity contribution in [3.63, 3.8) is 0 Å². The molecule has 15 N–H and O–H groups in total. The monoisotopic (exact) mass is 482 g/mol. The first-order chi connectivity index (χ1) is 15.7. The van der Waals surface area contributed by atoms with Gasteiger partial charge in [0.2, 0.25) is 10.0 Å². The Balaban J connectivity index is 2.72. The van der Waals surface area contributed by atoms with Crippen LogP contribution in [0.25, 0.3) is 11.1 Å². The largest absolute Gasteiger partial charge is 0.395 e. The van der Waals surface area contributed by atoms with Gasteiger partial charge in [-0.2, -0.15) is 5.17 Å². The molecule has 0 aliphatic rings. The summed E-state index contributed by atoms with van der Waals surface area (Å²) in [5, 5.41) is 26.3. The number of hydrogen-bond acceptors (Lipinski definition) is 12. The molecule has 0 amide bonds. The number of sulfonamides is 1. The molecule has 2 aromatic rings. The number of anilines is 2. The number of aliphatic hydroxyl groups excluding tert-OH is 1. The van der Waals surface area contributed by atoms with Crippen molar-refractivity contribution in [2.45, 2.75) is 10.9 Å². The zero-order valence-corrected chi connectivity index (χ0v) is 18.6. The Hall–Kier alpha value is -3.02. The van der Waals surface area contributed by atoms with Gasteiger partial charge in [-0.05, 0) is 29.3 Å². The van der Waals surface area contributed by atoms with Gasteiger partial charge < -0.3 is 27.6 Å². The molecule has 14 nitrogen and oxygen atoms in total. The molecular formula is C18H30N10O4S. The molecule has 0 saturated carbocycles. The molecule has 0 bridgehead atoms. The van der Waals surface area contributed by atoms with E-state index in [1.807, 2.05) is 5.53 Å². The summed E-state index contributed by atoms with van der Waals surface area (Å²) in [7, 11) is -4.12. The number of hydrazone groups is 1. The van der Waals surface area contributed by atoms with Gasteiger partial charge in [0.25, 0.3) is 0 Å². The molecule has 2 aromatic carbocycles. The average Bonchev–Trinajstić information content (AvgIpc) is 2.80. The van der Waals surface area contributed by atoms with Gasteiger partial charge in [-0.3, -0.25) is 5.21 Å². The van der Waals surface area contributed by atoms with Crippen molar-refractivity contribution in [1.29, 1.82) is 0 Å². The molecule has 1 unspecified atom stereocenters. The first-order valence-corrected chi connectivity index (χ1v) is 11.2. The normalized spacial score (nSPS) is 13.0.